The molecule has 12 heteroatoms. The maximum atomic E-state index is 12.4. The van der Waals surface area contributed by atoms with Crippen molar-refractivity contribution in [3.8, 4) is 0 Å². The van der Waals surface area contributed by atoms with Gasteiger partial charge in [-0.1, -0.05) is 68.9 Å². The lowest BCUT2D eigenvalue weighted by molar-refractivity contribution is -0.118. The molecule has 172 valence electrons. The Hall–Kier alpha value is -1.89. The van der Waals surface area contributed by atoms with Crippen LogP contribution in [0.25, 0.3) is 0 Å². The topological polar surface area (TPSA) is 149 Å². The molecular formula is C19H28N4O5S3. The number of Topliss-reactive ketones (excluding diaryl/α,β-unsaturated/α-hetero) is 1. The summed E-state index contributed by atoms with van der Waals surface area (Å²) in [6, 6.07) is 5.96. The number of hydrogen-bond donors (Lipinski definition) is 2. The summed E-state index contributed by atoms with van der Waals surface area (Å²) in [6.45, 7) is 2.18. The van der Waals surface area contributed by atoms with Crippen LogP contribution in [0.1, 0.15) is 63.9 Å². The van der Waals surface area contributed by atoms with E-state index in [-0.39, 0.29) is 22.2 Å². The summed E-state index contributed by atoms with van der Waals surface area (Å²) in [5.74, 6) is 0.131. The van der Waals surface area contributed by atoms with Crippen LogP contribution in [0, 0.1) is 0 Å². The van der Waals surface area contributed by atoms with Crippen LogP contribution in [0.2, 0.25) is 0 Å². The molecule has 0 spiro atoms. The summed E-state index contributed by atoms with van der Waals surface area (Å²) in [5, 5.41) is 11.6. The number of unbranched alkanes of at least 4 members (excludes halogenated alkanes) is 6. The second-order valence-corrected chi connectivity index (χ2v) is 11.6. The van der Waals surface area contributed by atoms with Gasteiger partial charge in [0.25, 0.3) is 20.0 Å². The molecule has 0 unspecified atom stereocenters. The molecule has 0 radical (unpaired) electrons. The number of carbonyl (C=O) groups is 1. The van der Waals surface area contributed by atoms with Crippen molar-refractivity contribution in [2.24, 2.45) is 5.14 Å². The number of carbonyl (C=O) groups excluding carboxylic acids is 1. The highest BCUT2D eigenvalue weighted by atomic mass is 32.2. The van der Waals surface area contributed by atoms with Gasteiger partial charge < -0.3 is 0 Å². The molecule has 0 atom stereocenters. The third-order valence-electron chi connectivity index (χ3n) is 4.57. The number of hydrogen-bond acceptors (Lipinski definition) is 8. The Morgan fingerprint density at radius 1 is 0.968 bits per heavy atom. The minimum Gasteiger partial charge on any atom is -0.299 e. The maximum Gasteiger partial charge on any atom is 0.267 e. The van der Waals surface area contributed by atoms with Crippen molar-refractivity contribution in [2.45, 2.75) is 73.9 Å². The van der Waals surface area contributed by atoms with E-state index in [4.69, 9.17) is 5.14 Å². The van der Waals surface area contributed by atoms with Crippen molar-refractivity contribution in [1.82, 2.24) is 10.2 Å². The van der Waals surface area contributed by atoms with Crippen LogP contribution in [0.5, 0.6) is 0 Å². The van der Waals surface area contributed by atoms with Gasteiger partial charge in [-0.15, -0.1) is 10.2 Å². The number of ketones is 1. The summed E-state index contributed by atoms with van der Waals surface area (Å²) in [6.07, 6.45) is 8.82. The van der Waals surface area contributed by atoms with Crippen LogP contribution in [0.3, 0.4) is 0 Å². The van der Waals surface area contributed by atoms with Crippen LogP contribution >= 0.6 is 11.3 Å². The van der Waals surface area contributed by atoms with E-state index in [0.717, 1.165) is 24.8 Å². The van der Waals surface area contributed by atoms with Gasteiger partial charge in [0.05, 0.1) is 4.90 Å². The number of nitrogens with zero attached hydrogens (tertiary/aromatic N) is 2. The van der Waals surface area contributed by atoms with E-state index in [2.05, 4.69) is 21.8 Å². The fourth-order valence-corrected chi connectivity index (χ4v) is 5.49. The fraction of sp³-hybridized carbons (Fsp3) is 0.526. The van der Waals surface area contributed by atoms with E-state index in [9.17, 15) is 21.6 Å². The average Bonchev–Trinajstić information content (AvgIpc) is 3.16. The molecule has 0 amide bonds. The molecule has 31 heavy (non-hydrogen) atoms. The lowest BCUT2D eigenvalue weighted by Gasteiger charge is -2.06. The fourth-order valence-electron chi connectivity index (χ4n) is 2.92. The molecule has 9 nitrogen and oxygen atoms in total. The Balaban J connectivity index is 1.85. The third kappa shape index (κ3) is 8.63. The highest BCUT2D eigenvalue weighted by molar-refractivity contribution is 7.93. The Bertz CT molecular complexity index is 1060. The van der Waals surface area contributed by atoms with Crippen molar-refractivity contribution in [3.05, 3.63) is 29.8 Å². The first-order valence-electron chi connectivity index (χ1n) is 10.1. The molecule has 0 fully saturated rings. The number of primary sulfonamides is 1. The van der Waals surface area contributed by atoms with E-state index >= 15 is 0 Å². The number of rotatable bonds is 14. The maximum absolute atomic E-state index is 12.4. The molecule has 1 aromatic carbocycles. The van der Waals surface area contributed by atoms with Crippen LogP contribution < -0.4 is 9.86 Å². The van der Waals surface area contributed by atoms with Gasteiger partial charge in [-0.2, -0.15) is 0 Å². The number of nitrogens with two attached hydrogens (primary N) is 1. The average molecular weight is 489 g/mol. The van der Waals surface area contributed by atoms with Gasteiger partial charge in [0.15, 0.2) is 0 Å². The summed E-state index contributed by atoms with van der Waals surface area (Å²) in [7, 11) is -8.04. The zero-order chi connectivity index (χ0) is 22.9. The standard InChI is InChI=1S/C19H28N4O5S3/c1-2-3-4-5-6-7-8-9-16(24)14-15-10-12-17(13-11-15)31(27,28)23-18-21-22-19(29-18)30(20,25)26/h10-13H,2-9,14H2,1H3,(H,21,23)(H2,20,25,26). The number of benzene rings is 1. The van der Waals surface area contributed by atoms with Crippen LogP contribution in [0.4, 0.5) is 5.13 Å². The highest BCUT2D eigenvalue weighted by Gasteiger charge is 2.20. The van der Waals surface area contributed by atoms with Gasteiger partial charge in [-0.05, 0) is 24.1 Å². The first-order valence-corrected chi connectivity index (χ1v) is 14.0. The normalized spacial score (nSPS) is 12.1. The van der Waals surface area contributed by atoms with Gasteiger partial charge in [0.2, 0.25) is 9.47 Å². The van der Waals surface area contributed by atoms with E-state index in [1.54, 1.807) is 12.1 Å². The first kappa shape index (κ1) is 25.4. The Morgan fingerprint density at radius 2 is 1.58 bits per heavy atom. The minimum absolute atomic E-state index is 0.0388. The third-order valence-corrected chi connectivity index (χ3v) is 8.20. The van der Waals surface area contributed by atoms with Gasteiger partial charge in [0.1, 0.15) is 5.78 Å². The molecule has 1 aromatic heterocycles. The Morgan fingerprint density at radius 3 is 2.16 bits per heavy atom. The summed E-state index contributed by atoms with van der Waals surface area (Å²) in [5.41, 5.74) is 0.735. The molecule has 0 bridgehead atoms. The monoisotopic (exact) mass is 488 g/mol. The SMILES string of the molecule is CCCCCCCCCC(=O)Cc1ccc(S(=O)(=O)Nc2nnc(S(N)(=O)=O)s2)cc1. The molecule has 2 aromatic rings. The van der Waals surface area contributed by atoms with E-state index < -0.39 is 24.4 Å². The number of aromatic nitrogens is 2. The van der Waals surface area contributed by atoms with Crippen molar-refractivity contribution < 1.29 is 21.6 Å². The number of anilines is 1. The molecule has 0 saturated carbocycles. The molecule has 0 saturated heterocycles. The quantitative estimate of drug-likeness (QED) is 0.388. The molecule has 2 rings (SSSR count). The van der Waals surface area contributed by atoms with E-state index in [0.29, 0.717) is 17.8 Å². The predicted molar refractivity (Wildman–Crippen MR) is 120 cm³/mol. The van der Waals surface area contributed by atoms with Crippen LogP contribution in [-0.2, 0) is 31.3 Å². The van der Waals surface area contributed by atoms with E-state index in [1.165, 1.54) is 37.8 Å². The molecule has 0 aliphatic heterocycles. The second kappa shape index (κ2) is 11.7. The van der Waals surface area contributed by atoms with Crippen LogP contribution in [-0.4, -0.2) is 32.8 Å². The van der Waals surface area contributed by atoms with Crippen molar-refractivity contribution in [2.75, 3.05) is 4.72 Å². The molecule has 0 aliphatic rings. The zero-order valence-electron chi connectivity index (χ0n) is 17.4. The van der Waals surface area contributed by atoms with Gasteiger partial charge >= 0.3 is 0 Å². The summed E-state index contributed by atoms with van der Waals surface area (Å²) < 4.78 is 49.0. The van der Waals surface area contributed by atoms with Gasteiger partial charge in [-0.3, -0.25) is 9.52 Å². The predicted octanol–water partition coefficient (Wildman–Crippen LogP) is 3.24. The lowest BCUT2D eigenvalue weighted by Crippen LogP contribution is -2.13. The van der Waals surface area contributed by atoms with Gasteiger partial charge in [0, 0.05) is 12.8 Å². The number of sulfonamides is 2. The second-order valence-electron chi connectivity index (χ2n) is 7.25. The van der Waals surface area contributed by atoms with Crippen molar-refractivity contribution in [3.63, 3.8) is 0 Å². The smallest absolute Gasteiger partial charge is 0.267 e. The lowest BCUT2D eigenvalue weighted by atomic mass is 10.0. The highest BCUT2D eigenvalue weighted by Crippen LogP contribution is 2.22. The summed E-state index contributed by atoms with van der Waals surface area (Å²) >= 11 is 0.517. The summed E-state index contributed by atoms with van der Waals surface area (Å²) in [4.78, 5) is 12.1. The van der Waals surface area contributed by atoms with Crippen LogP contribution in [0.15, 0.2) is 33.5 Å². The Kier molecular flexibility index (Phi) is 9.54. The molecule has 3 N–H and O–H groups in total. The number of nitrogens with one attached hydrogen (secondary N) is 1. The van der Waals surface area contributed by atoms with Crippen molar-refractivity contribution in [1.29, 1.82) is 0 Å². The molecular weight excluding hydrogens is 460 g/mol. The van der Waals surface area contributed by atoms with Crippen molar-refractivity contribution >= 4 is 42.3 Å². The minimum atomic E-state index is -4.06. The molecule has 0 aliphatic carbocycles. The molecule has 1 heterocycles. The first-order chi connectivity index (χ1) is 14.6. The van der Waals surface area contributed by atoms with Gasteiger partial charge in [-0.25, -0.2) is 22.0 Å². The van der Waals surface area contributed by atoms with E-state index in [1.807, 2.05) is 0 Å². The zero-order valence-corrected chi connectivity index (χ0v) is 19.9. The Labute approximate surface area is 187 Å². The largest absolute Gasteiger partial charge is 0.299 e.